The Balaban J connectivity index is 4.03. The lowest BCUT2D eigenvalue weighted by molar-refractivity contribution is -0.122. The van der Waals surface area contributed by atoms with E-state index in [9.17, 15) is 22.9 Å². The quantitative estimate of drug-likeness (QED) is 0.0476. The molecule has 6 nitrogen and oxygen atoms in total. The van der Waals surface area contributed by atoms with Gasteiger partial charge in [-0.2, -0.15) is 8.42 Å². The average Bonchev–Trinajstić information content (AvgIpc) is 2.92. The number of hydrogen-bond acceptors (Lipinski definition) is 4. The van der Waals surface area contributed by atoms with Crippen LogP contribution in [0.15, 0.2) is 48.6 Å². The Morgan fingerprint density at radius 3 is 1.73 bits per heavy atom. The van der Waals surface area contributed by atoms with Crippen molar-refractivity contribution < 1.29 is 22.9 Å². The van der Waals surface area contributed by atoms with Crippen LogP contribution in [0.25, 0.3) is 0 Å². The van der Waals surface area contributed by atoms with E-state index in [4.69, 9.17) is 0 Å². The van der Waals surface area contributed by atoms with Crippen LogP contribution in [0.1, 0.15) is 142 Å². The van der Waals surface area contributed by atoms with E-state index >= 15 is 0 Å². The summed E-state index contributed by atoms with van der Waals surface area (Å²) in [5.74, 6) is -0.935. The second kappa shape index (κ2) is 28.4. The molecule has 0 radical (unpaired) electrons. The molecule has 3 N–H and O–H groups in total. The third-order valence-electron chi connectivity index (χ3n) is 7.05. The van der Waals surface area contributed by atoms with Crippen LogP contribution >= 0.6 is 0 Å². The third kappa shape index (κ3) is 29.6. The molecule has 41 heavy (non-hydrogen) atoms. The highest BCUT2D eigenvalue weighted by molar-refractivity contribution is 7.85. The Bertz CT molecular complexity index is 832. The maximum absolute atomic E-state index is 12.4. The minimum atomic E-state index is -4.31. The Kier molecular flexibility index (Phi) is 27.2. The molecule has 0 saturated carbocycles. The van der Waals surface area contributed by atoms with E-state index in [1.807, 2.05) is 0 Å². The first-order valence-electron chi connectivity index (χ1n) is 16.3. The zero-order chi connectivity index (χ0) is 30.4. The van der Waals surface area contributed by atoms with Crippen molar-refractivity contribution in [3.8, 4) is 0 Å². The summed E-state index contributed by atoms with van der Waals surface area (Å²) < 4.78 is 32.2. The molecule has 0 aromatic heterocycles. The average molecular weight is 596 g/mol. The van der Waals surface area contributed by atoms with Gasteiger partial charge in [-0.15, -0.1) is 0 Å². The minimum absolute atomic E-state index is 0.274. The maximum atomic E-state index is 12.4. The smallest absolute Gasteiger partial charge is 0.266 e. The second-order valence-electron chi connectivity index (χ2n) is 11.1. The number of amides is 1. The van der Waals surface area contributed by atoms with Crippen molar-refractivity contribution in [3.05, 3.63) is 48.6 Å². The number of unbranched alkanes of at least 4 members (excludes halogenated alkanes) is 12. The van der Waals surface area contributed by atoms with Gasteiger partial charge in [-0.1, -0.05) is 133 Å². The molecule has 0 bridgehead atoms. The summed E-state index contributed by atoms with van der Waals surface area (Å²) in [6, 6.07) is -0.982. The van der Waals surface area contributed by atoms with E-state index in [2.05, 4.69) is 67.8 Å². The van der Waals surface area contributed by atoms with Gasteiger partial charge >= 0.3 is 0 Å². The van der Waals surface area contributed by atoms with Gasteiger partial charge in [0.25, 0.3) is 10.1 Å². The van der Waals surface area contributed by atoms with Crippen molar-refractivity contribution in [1.29, 1.82) is 0 Å². The summed E-state index contributed by atoms with van der Waals surface area (Å²) in [5.41, 5.74) is 0. The van der Waals surface area contributed by atoms with Crippen LogP contribution in [-0.4, -0.2) is 41.9 Å². The normalized spacial score (nSPS) is 14.1. The maximum Gasteiger partial charge on any atom is 0.266 e. The van der Waals surface area contributed by atoms with Crippen LogP contribution in [-0.2, 0) is 14.9 Å². The van der Waals surface area contributed by atoms with E-state index < -0.39 is 28.0 Å². The van der Waals surface area contributed by atoms with Crippen molar-refractivity contribution in [2.75, 3.05) is 5.75 Å². The van der Waals surface area contributed by atoms with Gasteiger partial charge in [0.15, 0.2) is 0 Å². The molecule has 0 aliphatic heterocycles. The van der Waals surface area contributed by atoms with Crippen molar-refractivity contribution >= 4 is 16.0 Å². The van der Waals surface area contributed by atoms with Gasteiger partial charge in [-0.05, 0) is 51.4 Å². The number of aliphatic hydroxyl groups excluding tert-OH is 1. The molecule has 0 aromatic carbocycles. The van der Waals surface area contributed by atoms with Crippen LogP contribution in [0.3, 0.4) is 0 Å². The Labute approximate surface area is 252 Å². The molecule has 0 fully saturated rings. The zero-order valence-corrected chi connectivity index (χ0v) is 27.0. The van der Waals surface area contributed by atoms with Crippen LogP contribution in [0.4, 0.5) is 0 Å². The van der Waals surface area contributed by atoms with Crippen LogP contribution in [0.2, 0.25) is 0 Å². The molecular weight excluding hydrogens is 534 g/mol. The van der Waals surface area contributed by atoms with E-state index in [0.29, 0.717) is 12.8 Å². The lowest BCUT2D eigenvalue weighted by atomic mass is 10.0. The lowest BCUT2D eigenvalue weighted by Crippen LogP contribution is -2.47. The van der Waals surface area contributed by atoms with E-state index in [-0.39, 0.29) is 12.3 Å². The topological polar surface area (TPSA) is 104 Å². The molecule has 1 amide bonds. The molecular formula is C34H61NO5S. The van der Waals surface area contributed by atoms with Crippen molar-refractivity contribution in [1.82, 2.24) is 5.32 Å². The molecule has 2 unspecified atom stereocenters. The fourth-order valence-corrected chi connectivity index (χ4v) is 5.38. The number of nitrogens with one attached hydrogen (secondary N) is 1. The lowest BCUT2D eigenvalue weighted by Gasteiger charge is -2.23. The molecule has 238 valence electrons. The first kappa shape index (κ1) is 39.3. The summed E-state index contributed by atoms with van der Waals surface area (Å²) >= 11 is 0. The van der Waals surface area contributed by atoms with Crippen molar-refractivity contribution in [2.24, 2.45) is 0 Å². The van der Waals surface area contributed by atoms with Gasteiger partial charge in [0.2, 0.25) is 5.91 Å². The monoisotopic (exact) mass is 595 g/mol. The predicted molar refractivity (Wildman–Crippen MR) is 175 cm³/mol. The number of hydrogen-bond donors (Lipinski definition) is 3. The molecule has 0 aromatic rings. The molecule has 0 aliphatic rings. The number of rotatable bonds is 28. The highest BCUT2D eigenvalue weighted by Gasteiger charge is 2.26. The zero-order valence-electron chi connectivity index (χ0n) is 26.2. The van der Waals surface area contributed by atoms with E-state index in [1.165, 1.54) is 38.5 Å². The van der Waals surface area contributed by atoms with Gasteiger partial charge in [0.1, 0.15) is 0 Å². The Morgan fingerprint density at radius 2 is 1.17 bits per heavy atom. The molecule has 0 heterocycles. The summed E-state index contributed by atoms with van der Waals surface area (Å²) in [6.07, 6.45) is 36.3. The van der Waals surface area contributed by atoms with Gasteiger partial charge in [-0.3, -0.25) is 9.35 Å². The van der Waals surface area contributed by atoms with Crippen LogP contribution < -0.4 is 5.32 Å². The van der Waals surface area contributed by atoms with E-state index in [0.717, 1.165) is 70.6 Å². The number of aliphatic hydroxyl groups is 1. The standard InChI is InChI=1S/C34H61NO5S/c1-3-5-7-9-11-13-14-15-16-17-18-19-20-22-24-26-28-30-34(37)35-32(31-41(38,39)40)33(36)29-27-25-23-21-12-10-8-6-4-2/h5,7,11,13,15-16,18-19,32-33,36H,3-4,6,8-10,12,14,17,20-31H2,1-2H3,(H,35,37)(H,38,39,40)/b7-5-,13-11-,16-15-,19-18-. The minimum Gasteiger partial charge on any atom is -0.391 e. The fraction of sp³-hybridized carbons (Fsp3) is 0.735. The highest BCUT2D eigenvalue weighted by Crippen LogP contribution is 2.14. The van der Waals surface area contributed by atoms with Crippen LogP contribution in [0.5, 0.6) is 0 Å². The summed E-state index contributed by atoms with van der Waals surface area (Å²) in [4.78, 5) is 12.4. The largest absolute Gasteiger partial charge is 0.391 e. The van der Waals surface area contributed by atoms with Crippen LogP contribution in [0, 0.1) is 0 Å². The van der Waals surface area contributed by atoms with Gasteiger partial charge in [0.05, 0.1) is 17.9 Å². The van der Waals surface area contributed by atoms with E-state index in [1.54, 1.807) is 0 Å². The number of allylic oxidation sites excluding steroid dienone is 8. The first-order chi connectivity index (χ1) is 19.8. The second-order valence-corrected chi connectivity index (χ2v) is 12.6. The highest BCUT2D eigenvalue weighted by atomic mass is 32.2. The third-order valence-corrected chi connectivity index (χ3v) is 7.83. The van der Waals surface area contributed by atoms with Crippen molar-refractivity contribution in [3.63, 3.8) is 0 Å². The number of carbonyl (C=O) groups excluding carboxylic acids is 1. The molecule has 0 spiro atoms. The Morgan fingerprint density at radius 1 is 0.683 bits per heavy atom. The summed E-state index contributed by atoms with van der Waals surface area (Å²) in [6.45, 7) is 4.35. The SMILES string of the molecule is CC/C=C\C/C=C\C/C=C\C/C=C\CCCCCCC(=O)NC(CS(=O)(=O)O)C(O)CCCCCCCCCCC. The summed E-state index contributed by atoms with van der Waals surface area (Å²) in [7, 11) is -4.31. The first-order valence-corrected chi connectivity index (χ1v) is 17.9. The molecule has 7 heteroatoms. The van der Waals surface area contributed by atoms with Crippen molar-refractivity contribution in [2.45, 2.75) is 154 Å². The van der Waals surface area contributed by atoms with Gasteiger partial charge < -0.3 is 10.4 Å². The number of carbonyl (C=O) groups is 1. The van der Waals surface area contributed by atoms with Gasteiger partial charge in [0, 0.05) is 6.42 Å². The molecule has 0 saturated heterocycles. The molecule has 2 atom stereocenters. The molecule has 0 aliphatic carbocycles. The summed E-state index contributed by atoms with van der Waals surface area (Å²) in [5, 5.41) is 13.2. The molecule has 0 rings (SSSR count). The Hall–Kier alpha value is -1.70. The van der Waals surface area contributed by atoms with Gasteiger partial charge in [-0.25, -0.2) is 0 Å². The fourth-order valence-electron chi connectivity index (χ4n) is 4.62. The predicted octanol–water partition coefficient (Wildman–Crippen LogP) is 8.79.